The van der Waals surface area contributed by atoms with Gasteiger partial charge in [0.1, 0.15) is 17.4 Å². The van der Waals surface area contributed by atoms with Crippen molar-refractivity contribution >= 4 is 72.1 Å². The normalized spacial score (nSPS) is 10.9. The molecule has 0 unspecified atom stereocenters. The van der Waals surface area contributed by atoms with Crippen LogP contribution in [0.5, 0.6) is 5.75 Å². The third kappa shape index (κ3) is 4.82. The van der Waals surface area contributed by atoms with Gasteiger partial charge >= 0.3 is 0 Å². The number of nitrogens with one attached hydrogen (secondary N) is 1. The molecule has 0 aliphatic heterocycles. The molecule has 0 aromatic heterocycles. The summed E-state index contributed by atoms with van der Waals surface area (Å²) in [7, 11) is 1.59. The monoisotopic (exact) mass is 560 g/mol. The van der Waals surface area contributed by atoms with E-state index in [9.17, 15) is 10.1 Å². The number of methoxy groups -OCH3 is 1. The van der Waals surface area contributed by atoms with Crippen molar-refractivity contribution in [2.45, 2.75) is 0 Å². The second kappa shape index (κ2) is 8.65. The minimum Gasteiger partial charge on any atom is -0.494 e. The molecule has 0 radical (unpaired) electrons. The van der Waals surface area contributed by atoms with E-state index >= 15 is 0 Å². The molecule has 2 rings (SSSR count). The minimum absolute atomic E-state index is 0.0165. The molecule has 0 spiro atoms. The van der Waals surface area contributed by atoms with Gasteiger partial charge in [0.25, 0.3) is 5.91 Å². The van der Waals surface area contributed by atoms with E-state index in [0.29, 0.717) is 11.4 Å². The van der Waals surface area contributed by atoms with Gasteiger partial charge in [0.15, 0.2) is 0 Å². The molecule has 1 amide bonds. The molecule has 2 aromatic rings. The van der Waals surface area contributed by atoms with Crippen LogP contribution in [0.15, 0.2) is 50.9 Å². The number of hydrogen-bond acceptors (Lipinski definition) is 3. The fourth-order valence-corrected chi connectivity index (χ4v) is 4.22. The second-order valence-corrected chi connectivity index (χ2v) is 7.58. The summed E-state index contributed by atoms with van der Waals surface area (Å²) >= 11 is 8.90. The fourth-order valence-electron chi connectivity index (χ4n) is 1.94. The zero-order valence-corrected chi connectivity index (χ0v) is 17.8. The van der Waals surface area contributed by atoms with E-state index in [2.05, 4.69) is 59.8 Å². The lowest BCUT2D eigenvalue weighted by molar-refractivity contribution is -0.112. The van der Waals surface area contributed by atoms with E-state index in [1.54, 1.807) is 37.5 Å². The Morgan fingerprint density at radius 3 is 2.67 bits per heavy atom. The summed E-state index contributed by atoms with van der Waals surface area (Å²) in [5.74, 6) is 0.252. The van der Waals surface area contributed by atoms with Crippen molar-refractivity contribution in [3.8, 4) is 11.8 Å². The topological polar surface area (TPSA) is 62.1 Å². The van der Waals surface area contributed by atoms with Crippen molar-refractivity contribution in [1.82, 2.24) is 0 Å². The quantitative estimate of drug-likeness (QED) is 0.310. The largest absolute Gasteiger partial charge is 0.494 e. The highest BCUT2D eigenvalue weighted by molar-refractivity contribution is 14.1. The van der Waals surface area contributed by atoms with Gasteiger partial charge in [0.2, 0.25) is 0 Å². The Balaban J connectivity index is 2.29. The van der Waals surface area contributed by atoms with Crippen LogP contribution < -0.4 is 10.1 Å². The molecule has 0 bridgehead atoms. The number of nitrogens with zero attached hydrogens (tertiary/aromatic N) is 1. The molecule has 0 atom stereocenters. The predicted molar refractivity (Wildman–Crippen MR) is 110 cm³/mol. The van der Waals surface area contributed by atoms with Crippen LogP contribution in [0.1, 0.15) is 5.56 Å². The van der Waals surface area contributed by atoms with Crippen molar-refractivity contribution in [3.63, 3.8) is 0 Å². The van der Waals surface area contributed by atoms with E-state index in [1.165, 1.54) is 0 Å². The van der Waals surface area contributed by atoms with Crippen LogP contribution in [0.3, 0.4) is 0 Å². The van der Waals surface area contributed by atoms with E-state index < -0.39 is 5.91 Å². The van der Waals surface area contributed by atoms with Crippen molar-refractivity contribution in [2.75, 3.05) is 12.4 Å². The number of hydrogen-bond donors (Lipinski definition) is 1. The van der Waals surface area contributed by atoms with Crippen molar-refractivity contribution in [1.29, 1.82) is 5.26 Å². The first-order valence-corrected chi connectivity index (χ1v) is 9.33. The maximum Gasteiger partial charge on any atom is 0.266 e. The number of halogens is 3. The van der Waals surface area contributed by atoms with E-state index in [0.717, 1.165) is 18.1 Å². The van der Waals surface area contributed by atoms with Gasteiger partial charge in [-0.15, -0.1) is 0 Å². The number of benzene rings is 2. The number of amides is 1. The Bertz CT molecular complexity index is 837. The summed E-state index contributed by atoms with van der Waals surface area (Å²) in [6.45, 7) is 0. The molecule has 2 aromatic carbocycles. The Morgan fingerprint density at radius 1 is 1.33 bits per heavy atom. The van der Waals surface area contributed by atoms with Gasteiger partial charge in [-0.05, 0) is 80.5 Å². The molecule has 1 N–H and O–H groups in total. The molecule has 0 heterocycles. The fraction of sp³-hybridized carbons (Fsp3) is 0.0588. The van der Waals surface area contributed by atoms with E-state index in [4.69, 9.17) is 4.74 Å². The first-order chi connectivity index (χ1) is 11.4. The highest BCUT2D eigenvalue weighted by Crippen LogP contribution is 2.32. The lowest BCUT2D eigenvalue weighted by Gasteiger charge is -2.08. The van der Waals surface area contributed by atoms with Crippen LogP contribution in [0.25, 0.3) is 6.08 Å². The Kier molecular flexibility index (Phi) is 6.83. The van der Waals surface area contributed by atoms with Crippen molar-refractivity contribution in [2.24, 2.45) is 0 Å². The molecule has 0 saturated carbocycles. The number of rotatable bonds is 4. The molecule has 24 heavy (non-hydrogen) atoms. The van der Waals surface area contributed by atoms with Gasteiger partial charge < -0.3 is 10.1 Å². The molecule has 0 aliphatic carbocycles. The smallest absolute Gasteiger partial charge is 0.266 e. The van der Waals surface area contributed by atoms with Gasteiger partial charge in [-0.3, -0.25) is 4.79 Å². The molecule has 122 valence electrons. The van der Waals surface area contributed by atoms with Crippen LogP contribution in [-0.4, -0.2) is 13.0 Å². The first kappa shape index (κ1) is 19.0. The summed E-state index contributed by atoms with van der Waals surface area (Å²) in [6.07, 6.45) is 1.54. The van der Waals surface area contributed by atoms with Crippen LogP contribution >= 0.6 is 54.5 Å². The first-order valence-electron chi connectivity index (χ1n) is 6.66. The molecule has 0 aliphatic rings. The number of anilines is 1. The zero-order valence-electron chi connectivity index (χ0n) is 12.4. The molecule has 0 saturated heterocycles. The molecule has 0 fully saturated rings. The summed E-state index contributed by atoms with van der Waals surface area (Å²) in [5, 5.41) is 12.0. The number of ether oxygens (including phenoxy) is 1. The summed E-state index contributed by atoms with van der Waals surface area (Å²) in [5.41, 5.74) is 1.36. The second-order valence-electron chi connectivity index (χ2n) is 4.65. The van der Waals surface area contributed by atoms with Crippen LogP contribution in [0.2, 0.25) is 0 Å². The Labute approximate surface area is 170 Å². The van der Waals surface area contributed by atoms with Crippen LogP contribution in [0.4, 0.5) is 5.69 Å². The van der Waals surface area contributed by atoms with E-state index in [-0.39, 0.29) is 5.57 Å². The third-order valence-electron chi connectivity index (χ3n) is 2.98. The van der Waals surface area contributed by atoms with Crippen molar-refractivity contribution in [3.05, 3.63) is 60.1 Å². The van der Waals surface area contributed by atoms with Gasteiger partial charge in [-0.1, -0.05) is 22.0 Å². The maximum absolute atomic E-state index is 12.3. The summed E-state index contributed by atoms with van der Waals surface area (Å²) in [4.78, 5) is 12.3. The highest BCUT2D eigenvalue weighted by atomic mass is 127. The van der Waals surface area contributed by atoms with Crippen LogP contribution in [0, 0.1) is 14.9 Å². The van der Waals surface area contributed by atoms with Crippen LogP contribution in [-0.2, 0) is 4.79 Å². The van der Waals surface area contributed by atoms with Gasteiger partial charge in [0, 0.05) is 10.2 Å². The van der Waals surface area contributed by atoms with Gasteiger partial charge in [-0.25, -0.2) is 0 Å². The number of carbonyl (C=O) groups excluding carboxylic acids is 1. The average Bonchev–Trinajstić information content (AvgIpc) is 2.52. The lowest BCUT2D eigenvalue weighted by Crippen LogP contribution is -2.13. The molecular formula is C17H11Br2IN2O2. The maximum atomic E-state index is 12.3. The third-order valence-corrected chi connectivity index (χ3v) is 4.87. The molecule has 4 nitrogen and oxygen atoms in total. The lowest BCUT2D eigenvalue weighted by atomic mass is 10.1. The SMILES string of the molecule is COc1c(Br)cc(/C=C(/C#N)C(=O)Nc2cccc(Br)c2)cc1I. The number of carbonyl (C=O) groups is 1. The van der Waals surface area contributed by atoms with Gasteiger partial charge in [-0.2, -0.15) is 5.26 Å². The van der Waals surface area contributed by atoms with E-state index in [1.807, 2.05) is 18.2 Å². The minimum atomic E-state index is -0.461. The summed E-state index contributed by atoms with van der Waals surface area (Å²) in [6, 6.07) is 12.8. The molecule has 7 heteroatoms. The standard InChI is InChI=1S/C17H11Br2IN2O2/c1-24-16-14(19)6-10(7-15(16)20)5-11(9-21)17(23)22-13-4-2-3-12(18)8-13/h2-8H,1H3,(H,22,23)/b11-5-. The molecular weight excluding hydrogens is 551 g/mol. The predicted octanol–water partition coefficient (Wildman–Crippen LogP) is 5.37. The van der Waals surface area contributed by atoms with Gasteiger partial charge in [0.05, 0.1) is 15.2 Å². The number of nitriles is 1. The zero-order chi connectivity index (χ0) is 17.7. The summed E-state index contributed by atoms with van der Waals surface area (Å²) < 4.78 is 7.75. The highest BCUT2D eigenvalue weighted by Gasteiger charge is 2.12. The van der Waals surface area contributed by atoms with Crippen molar-refractivity contribution < 1.29 is 9.53 Å². The average molecular weight is 562 g/mol. The Hall–Kier alpha value is -1.37. The Morgan fingerprint density at radius 2 is 2.08 bits per heavy atom.